The van der Waals surface area contributed by atoms with E-state index in [-0.39, 0.29) is 24.8 Å². The summed E-state index contributed by atoms with van der Waals surface area (Å²) >= 11 is 1.27. The van der Waals surface area contributed by atoms with Gasteiger partial charge in [0.15, 0.2) is 0 Å². The Morgan fingerprint density at radius 2 is 1.25 bits per heavy atom. The van der Waals surface area contributed by atoms with Gasteiger partial charge >= 0.3 is 41.0 Å². The minimum Gasteiger partial charge on any atom is -1.00 e. The monoisotopic (exact) mass is 530 g/mol. The molecule has 4 rings (SSSR count). The fraction of sp³-hybridized carbons (Fsp3) is 0.476. The molecule has 0 aliphatic heterocycles. The number of halogens is 2. The predicted octanol–water partition coefficient (Wildman–Crippen LogP) is -0.273. The third-order valence-corrected chi connectivity index (χ3v) is 4.42. The van der Waals surface area contributed by atoms with Crippen molar-refractivity contribution in [3.05, 3.63) is 60.4 Å². The fourth-order valence-corrected chi connectivity index (χ4v) is 3.33. The zero-order chi connectivity index (χ0) is 15.8. The van der Waals surface area contributed by atoms with E-state index < -0.39 is 0 Å². The van der Waals surface area contributed by atoms with Gasteiger partial charge in [-0.25, -0.2) is 36.1 Å². The number of allylic oxidation sites excluding steroid dienone is 8. The van der Waals surface area contributed by atoms with Crippen molar-refractivity contribution < 1.29 is 48.7 Å². The molecule has 132 valence electrons. The standard InChI is InChI=1S/2C9H11.C3H6.2ClH.Hf/c2*1-2-5-9-7-3-6-8(9)4-1;1-3-2;;;/h2*1-2,4,6,9H,3,5,7H2;1-2H3;2*1H;/q2*-1;;;;+2/p-2. The predicted molar refractivity (Wildman–Crippen MR) is 94.1 cm³/mol. The van der Waals surface area contributed by atoms with Crippen LogP contribution in [0.4, 0.5) is 0 Å². The van der Waals surface area contributed by atoms with Crippen LogP contribution in [0.25, 0.3) is 0 Å². The SMILES string of the molecule is C1=CCC2CC[CH-]C2=C1.C1=CCC2CC[CH-]C2=C1.C[C](C)=[Hf+2].[Cl-].[Cl-]. The summed E-state index contributed by atoms with van der Waals surface area (Å²) in [6.45, 7) is 4.29. The Balaban J connectivity index is 0.000000341. The molecule has 4 aliphatic rings. The Morgan fingerprint density at radius 3 is 1.58 bits per heavy atom. The van der Waals surface area contributed by atoms with Crippen molar-refractivity contribution >= 4 is 3.26 Å². The largest absolute Gasteiger partial charge is 1.00 e. The maximum absolute atomic E-state index is 2.37. The van der Waals surface area contributed by atoms with Crippen LogP contribution in [0.5, 0.6) is 0 Å². The van der Waals surface area contributed by atoms with Gasteiger partial charge in [0, 0.05) is 0 Å². The molecule has 0 saturated heterocycles. The molecule has 0 radical (unpaired) electrons. The molecule has 0 aromatic heterocycles. The summed E-state index contributed by atoms with van der Waals surface area (Å²) < 4.78 is 1.56. The van der Waals surface area contributed by atoms with Crippen molar-refractivity contribution in [3.63, 3.8) is 0 Å². The summed E-state index contributed by atoms with van der Waals surface area (Å²) in [5.41, 5.74) is 3.16. The summed E-state index contributed by atoms with van der Waals surface area (Å²) in [6, 6.07) is 0. The average Bonchev–Trinajstić information content (AvgIpc) is 3.16. The second-order valence-electron chi connectivity index (χ2n) is 6.62. The molecule has 0 amide bonds. The van der Waals surface area contributed by atoms with Crippen molar-refractivity contribution in [2.24, 2.45) is 11.8 Å². The zero-order valence-corrected chi connectivity index (χ0v) is 19.9. The Kier molecular flexibility index (Phi) is 13.3. The molecule has 4 aliphatic carbocycles. The molecule has 3 heteroatoms. The number of fused-ring (bicyclic) bond motifs is 2. The smallest absolute Gasteiger partial charge is 1.00 e. The quantitative estimate of drug-likeness (QED) is 0.299. The van der Waals surface area contributed by atoms with Gasteiger partial charge in [0.25, 0.3) is 0 Å². The molecule has 0 aromatic rings. The van der Waals surface area contributed by atoms with E-state index >= 15 is 0 Å². The zero-order valence-electron chi connectivity index (χ0n) is 14.8. The van der Waals surface area contributed by atoms with Crippen molar-refractivity contribution in [2.45, 2.75) is 52.4 Å². The third kappa shape index (κ3) is 8.41. The molecule has 0 aromatic carbocycles. The van der Waals surface area contributed by atoms with Gasteiger partial charge in [-0.3, -0.25) is 0 Å². The topological polar surface area (TPSA) is 0 Å². The summed E-state index contributed by atoms with van der Waals surface area (Å²) in [5.74, 6) is 1.77. The molecule has 0 spiro atoms. The van der Waals surface area contributed by atoms with Crippen LogP contribution in [0.2, 0.25) is 0 Å². The third-order valence-electron chi connectivity index (χ3n) is 4.42. The Hall–Kier alpha value is 0.0201. The van der Waals surface area contributed by atoms with Crippen LogP contribution in [0.1, 0.15) is 52.4 Å². The van der Waals surface area contributed by atoms with Gasteiger partial charge in [0.2, 0.25) is 0 Å². The van der Waals surface area contributed by atoms with Crippen LogP contribution in [0, 0.1) is 24.7 Å². The first-order chi connectivity index (χ1) is 10.7. The Bertz CT molecular complexity index is 456. The average molecular weight is 530 g/mol. The van der Waals surface area contributed by atoms with Gasteiger partial charge in [-0.1, -0.05) is 12.8 Å². The molecule has 2 unspecified atom stereocenters. The van der Waals surface area contributed by atoms with Crippen LogP contribution < -0.4 is 24.8 Å². The van der Waals surface area contributed by atoms with E-state index in [0.717, 1.165) is 11.8 Å². The molecular formula is C21H28Cl2Hf-2. The summed E-state index contributed by atoms with van der Waals surface area (Å²) in [7, 11) is 0. The van der Waals surface area contributed by atoms with Gasteiger partial charge in [-0.05, 0) is 24.7 Å². The molecule has 0 bridgehead atoms. The molecule has 2 atom stereocenters. The van der Waals surface area contributed by atoms with E-state index in [1.165, 1.54) is 62.4 Å². The number of hydrogen-bond donors (Lipinski definition) is 0. The number of hydrogen-bond acceptors (Lipinski definition) is 0. The van der Waals surface area contributed by atoms with Crippen LogP contribution >= 0.6 is 0 Å². The molecule has 2 saturated carbocycles. The minimum absolute atomic E-state index is 0. The summed E-state index contributed by atoms with van der Waals surface area (Å²) in [6.07, 6.45) is 26.1. The maximum atomic E-state index is 2.37. The van der Waals surface area contributed by atoms with E-state index in [4.69, 9.17) is 0 Å². The van der Waals surface area contributed by atoms with E-state index in [9.17, 15) is 0 Å². The van der Waals surface area contributed by atoms with E-state index in [0.29, 0.717) is 0 Å². The normalized spacial score (nSPS) is 24.5. The van der Waals surface area contributed by atoms with E-state index in [2.05, 4.69) is 63.1 Å². The Morgan fingerprint density at radius 1 is 0.875 bits per heavy atom. The van der Waals surface area contributed by atoms with E-state index in [1.54, 1.807) is 14.4 Å². The van der Waals surface area contributed by atoms with Gasteiger partial charge < -0.3 is 24.8 Å². The molecular weight excluding hydrogens is 502 g/mol. The first-order valence-corrected chi connectivity index (χ1v) is 10.4. The first kappa shape index (κ1) is 24.0. The van der Waals surface area contributed by atoms with Crippen LogP contribution in [-0.4, -0.2) is 3.26 Å². The molecule has 0 heterocycles. The second-order valence-corrected chi connectivity index (χ2v) is 10.2. The van der Waals surface area contributed by atoms with Crippen molar-refractivity contribution in [1.29, 1.82) is 0 Å². The van der Waals surface area contributed by atoms with Gasteiger partial charge in [0.1, 0.15) is 0 Å². The second kappa shape index (κ2) is 13.3. The van der Waals surface area contributed by atoms with Gasteiger partial charge in [-0.15, -0.1) is 37.1 Å². The molecule has 24 heavy (non-hydrogen) atoms. The fourth-order valence-electron chi connectivity index (χ4n) is 3.33. The van der Waals surface area contributed by atoms with Crippen molar-refractivity contribution in [3.8, 4) is 0 Å². The summed E-state index contributed by atoms with van der Waals surface area (Å²) in [5, 5.41) is 0. The molecule has 0 nitrogen and oxygen atoms in total. The minimum atomic E-state index is 0. The molecule has 2 fully saturated rings. The van der Waals surface area contributed by atoms with E-state index in [1.807, 2.05) is 0 Å². The van der Waals surface area contributed by atoms with Crippen LogP contribution in [0.15, 0.2) is 47.6 Å². The first-order valence-electron chi connectivity index (χ1n) is 8.58. The van der Waals surface area contributed by atoms with Crippen LogP contribution in [0.3, 0.4) is 0 Å². The van der Waals surface area contributed by atoms with Crippen molar-refractivity contribution in [2.75, 3.05) is 0 Å². The van der Waals surface area contributed by atoms with Crippen LogP contribution in [-0.2, 0) is 23.9 Å². The number of rotatable bonds is 0. The summed E-state index contributed by atoms with van der Waals surface area (Å²) in [4.78, 5) is 0. The Labute approximate surface area is 175 Å². The molecule has 0 N–H and O–H groups in total. The maximum Gasteiger partial charge on any atom is -1.00 e. The van der Waals surface area contributed by atoms with Crippen molar-refractivity contribution in [1.82, 2.24) is 0 Å². The van der Waals surface area contributed by atoms with Gasteiger partial charge in [-0.2, -0.15) is 0 Å². The van der Waals surface area contributed by atoms with Gasteiger partial charge in [0.05, 0.1) is 0 Å².